The van der Waals surface area contributed by atoms with Crippen molar-refractivity contribution in [3.63, 3.8) is 0 Å². The lowest BCUT2D eigenvalue weighted by Crippen LogP contribution is -2.29. The van der Waals surface area contributed by atoms with Crippen molar-refractivity contribution >= 4 is 45.7 Å². The number of nitrogens with one attached hydrogen (secondary N) is 1. The molecule has 0 aliphatic heterocycles. The summed E-state index contributed by atoms with van der Waals surface area (Å²) in [5.41, 5.74) is 1.51. The lowest BCUT2D eigenvalue weighted by Gasteiger charge is -2.08. The predicted octanol–water partition coefficient (Wildman–Crippen LogP) is 2.93. The summed E-state index contributed by atoms with van der Waals surface area (Å²) < 4.78 is 0. The molecule has 4 rings (SSSR count). The van der Waals surface area contributed by atoms with Crippen LogP contribution in [0.25, 0.3) is 21.5 Å². The van der Waals surface area contributed by atoms with Gasteiger partial charge in [-0.1, -0.05) is 42.5 Å². The Bertz CT molecular complexity index is 1110. The monoisotopic (exact) mass is 341 g/mol. The fourth-order valence-electron chi connectivity index (χ4n) is 3.03. The zero-order valence-corrected chi connectivity index (χ0v) is 13.9. The molecule has 4 aromatic carbocycles. The highest BCUT2D eigenvalue weighted by Gasteiger charge is 2.12. The molecule has 4 nitrogen and oxygen atoms in total. The molecule has 0 spiro atoms. The molecule has 0 aromatic heterocycles. The summed E-state index contributed by atoms with van der Waals surface area (Å²) in [7, 11) is -1.54. The molecule has 0 fully saturated rings. The van der Waals surface area contributed by atoms with Crippen LogP contribution < -0.4 is 10.8 Å². The van der Waals surface area contributed by atoms with Crippen molar-refractivity contribution in [2.24, 2.45) is 0 Å². The first-order valence-corrected chi connectivity index (χ1v) is 8.30. The summed E-state index contributed by atoms with van der Waals surface area (Å²) in [6, 6.07) is 24.4. The Morgan fingerprint density at radius 1 is 0.731 bits per heavy atom. The van der Waals surface area contributed by atoms with Crippen molar-refractivity contribution in [3.8, 4) is 0 Å². The molecule has 126 valence electrons. The SMILES string of the molecule is O=C(Nc1ccc2cc3ccccc3cc2c1)c1ccc(B(O)O)cc1. The number of benzene rings is 4. The zero-order chi connectivity index (χ0) is 18.1. The van der Waals surface area contributed by atoms with Gasteiger partial charge in [0.1, 0.15) is 0 Å². The van der Waals surface area contributed by atoms with Crippen LogP contribution in [0.5, 0.6) is 0 Å². The molecular formula is C21H16BNO3. The summed E-state index contributed by atoms with van der Waals surface area (Å²) in [6.45, 7) is 0. The molecule has 0 unspecified atom stereocenters. The van der Waals surface area contributed by atoms with E-state index >= 15 is 0 Å². The highest BCUT2D eigenvalue weighted by atomic mass is 16.4. The minimum atomic E-state index is -1.54. The Kier molecular flexibility index (Phi) is 4.17. The summed E-state index contributed by atoms with van der Waals surface area (Å²) in [6.07, 6.45) is 0. The van der Waals surface area contributed by atoms with E-state index < -0.39 is 7.12 Å². The van der Waals surface area contributed by atoms with Gasteiger partial charge in [0.15, 0.2) is 0 Å². The van der Waals surface area contributed by atoms with Gasteiger partial charge >= 0.3 is 7.12 Å². The van der Waals surface area contributed by atoms with Crippen LogP contribution in [-0.2, 0) is 0 Å². The van der Waals surface area contributed by atoms with Gasteiger partial charge in [-0.15, -0.1) is 0 Å². The first kappa shape index (κ1) is 16.3. The molecule has 0 atom stereocenters. The van der Waals surface area contributed by atoms with Gasteiger partial charge in [0.2, 0.25) is 0 Å². The summed E-state index contributed by atoms with van der Waals surface area (Å²) >= 11 is 0. The number of amides is 1. The molecular weight excluding hydrogens is 325 g/mol. The summed E-state index contributed by atoms with van der Waals surface area (Å²) in [5, 5.41) is 25.6. The van der Waals surface area contributed by atoms with E-state index in [0.29, 0.717) is 16.7 Å². The topological polar surface area (TPSA) is 69.6 Å². The Hall–Kier alpha value is -3.15. The molecule has 0 aliphatic rings. The van der Waals surface area contributed by atoms with E-state index in [9.17, 15) is 4.79 Å². The van der Waals surface area contributed by atoms with Gasteiger partial charge in [-0.3, -0.25) is 4.79 Å². The standard InChI is InChI=1S/C21H16BNO3/c24-21(14-5-8-19(9-6-14)22(25)26)23-20-10-7-17-11-15-3-1-2-4-16(15)12-18(17)13-20/h1-13,25-26H,(H,23,24). The van der Waals surface area contributed by atoms with Crippen molar-refractivity contribution < 1.29 is 14.8 Å². The van der Waals surface area contributed by atoms with Crippen LogP contribution in [-0.4, -0.2) is 23.1 Å². The van der Waals surface area contributed by atoms with Crippen LogP contribution in [0, 0.1) is 0 Å². The molecule has 1 amide bonds. The zero-order valence-electron chi connectivity index (χ0n) is 13.9. The third-order valence-electron chi connectivity index (χ3n) is 4.43. The minimum absolute atomic E-state index is 0.246. The van der Waals surface area contributed by atoms with Crippen LogP contribution in [0.2, 0.25) is 0 Å². The number of carbonyl (C=O) groups excluding carboxylic acids is 1. The lowest BCUT2D eigenvalue weighted by atomic mass is 9.80. The maximum atomic E-state index is 12.4. The van der Waals surface area contributed by atoms with Gasteiger partial charge in [0, 0.05) is 11.3 Å². The maximum absolute atomic E-state index is 12.4. The summed E-state index contributed by atoms with van der Waals surface area (Å²) in [4.78, 5) is 12.4. The van der Waals surface area contributed by atoms with Crippen LogP contribution in [0.1, 0.15) is 10.4 Å². The van der Waals surface area contributed by atoms with E-state index in [0.717, 1.165) is 16.2 Å². The fourth-order valence-corrected chi connectivity index (χ4v) is 3.03. The molecule has 4 aromatic rings. The Morgan fingerprint density at radius 3 is 2.00 bits per heavy atom. The van der Waals surface area contributed by atoms with Gasteiger partial charge in [-0.05, 0) is 63.4 Å². The maximum Gasteiger partial charge on any atom is 0.488 e. The van der Waals surface area contributed by atoms with Gasteiger partial charge in [0.05, 0.1) is 0 Å². The summed E-state index contributed by atoms with van der Waals surface area (Å²) in [5.74, 6) is -0.246. The van der Waals surface area contributed by atoms with E-state index in [2.05, 4.69) is 29.6 Å². The molecule has 5 heteroatoms. The van der Waals surface area contributed by atoms with Crippen molar-refractivity contribution in [1.82, 2.24) is 0 Å². The first-order valence-electron chi connectivity index (χ1n) is 8.30. The number of hydrogen-bond acceptors (Lipinski definition) is 3. The van der Waals surface area contributed by atoms with E-state index in [1.54, 1.807) is 12.1 Å². The molecule has 0 heterocycles. The van der Waals surface area contributed by atoms with Gasteiger partial charge in [0.25, 0.3) is 5.91 Å². The molecule has 0 radical (unpaired) electrons. The Labute approximate surface area is 150 Å². The largest absolute Gasteiger partial charge is 0.488 e. The van der Waals surface area contributed by atoms with E-state index in [1.807, 2.05) is 30.3 Å². The second kappa shape index (κ2) is 6.63. The third kappa shape index (κ3) is 3.18. The third-order valence-corrected chi connectivity index (χ3v) is 4.43. The number of fused-ring (bicyclic) bond motifs is 2. The average Bonchev–Trinajstić information content (AvgIpc) is 2.66. The van der Waals surface area contributed by atoms with Gasteiger partial charge in [-0.25, -0.2) is 0 Å². The first-order chi connectivity index (χ1) is 12.6. The number of carbonyl (C=O) groups is 1. The van der Waals surface area contributed by atoms with Crippen molar-refractivity contribution in [3.05, 3.63) is 84.4 Å². The fraction of sp³-hybridized carbons (Fsp3) is 0. The molecule has 0 bridgehead atoms. The lowest BCUT2D eigenvalue weighted by molar-refractivity contribution is 0.102. The molecule has 3 N–H and O–H groups in total. The van der Waals surface area contributed by atoms with E-state index in [-0.39, 0.29) is 5.91 Å². The highest BCUT2D eigenvalue weighted by Crippen LogP contribution is 2.25. The van der Waals surface area contributed by atoms with Gasteiger partial charge in [-0.2, -0.15) is 0 Å². The molecule has 0 saturated heterocycles. The van der Waals surface area contributed by atoms with Crippen LogP contribution >= 0.6 is 0 Å². The second-order valence-electron chi connectivity index (χ2n) is 6.21. The predicted molar refractivity (Wildman–Crippen MR) is 106 cm³/mol. The average molecular weight is 341 g/mol. The van der Waals surface area contributed by atoms with Crippen LogP contribution in [0.4, 0.5) is 5.69 Å². The van der Waals surface area contributed by atoms with Crippen molar-refractivity contribution in [2.45, 2.75) is 0 Å². The molecule has 26 heavy (non-hydrogen) atoms. The quantitative estimate of drug-likeness (QED) is 0.396. The number of rotatable bonds is 3. The highest BCUT2D eigenvalue weighted by molar-refractivity contribution is 6.58. The van der Waals surface area contributed by atoms with Crippen molar-refractivity contribution in [2.75, 3.05) is 5.32 Å². The molecule has 0 aliphatic carbocycles. The normalized spacial score (nSPS) is 10.8. The van der Waals surface area contributed by atoms with Crippen LogP contribution in [0.15, 0.2) is 78.9 Å². The van der Waals surface area contributed by atoms with E-state index in [4.69, 9.17) is 10.0 Å². The number of hydrogen-bond donors (Lipinski definition) is 3. The van der Waals surface area contributed by atoms with Gasteiger partial charge < -0.3 is 15.4 Å². The van der Waals surface area contributed by atoms with Crippen molar-refractivity contribution in [1.29, 1.82) is 0 Å². The smallest absolute Gasteiger partial charge is 0.423 e. The Morgan fingerprint density at radius 2 is 1.35 bits per heavy atom. The van der Waals surface area contributed by atoms with Crippen LogP contribution in [0.3, 0.4) is 0 Å². The minimum Gasteiger partial charge on any atom is -0.423 e. The van der Waals surface area contributed by atoms with E-state index in [1.165, 1.54) is 17.5 Å². The second-order valence-corrected chi connectivity index (χ2v) is 6.21. The molecule has 0 saturated carbocycles. The Balaban J connectivity index is 1.61. The number of anilines is 1.